The van der Waals surface area contributed by atoms with Gasteiger partial charge in [-0.1, -0.05) is 6.07 Å². The van der Waals surface area contributed by atoms with E-state index in [1.807, 2.05) is 0 Å². The Hall–Kier alpha value is -1.40. The summed E-state index contributed by atoms with van der Waals surface area (Å²) in [7, 11) is 0. The maximum Gasteiger partial charge on any atom is 0.418 e. The Morgan fingerprint density at radius 1 is 0.938 bits per heavy atom. The SMILES string of the molecule is Cc1ccc(C(F)(F)F)c(N)c1C(F)(F)F. The highest BCUT2D eigenvalue weighted by Gasteiger charge is 2.40. The Labute approximate surface area is 86.9 Å². The molecule has 0 bridgehead atoms. The van der Waals surface area contributed by atoms with Crippen LogP contribution in [0.2, 0.25) is 0 Å². The highest BCUT2D eigenvalue weighted by molar-refractivity contribution is 5.59. The summed E-state index contributed by atoms with van der Waals surface area (Å²) in [6.45, 7) is 1.05. The molecule has 0 spiro atoms. The number of anilines is 1. The predicted octanol–water partition coefficient (Wildman–Crippen LogP) is 3.61. The van der Waals surface area contributed by atoms with Gasteiger partial charge in [0.1, 0.15) is 0 Å². The van der Waals surface area contributed by atoms with E-state index in [1.165, 1.54) is 0 Å². The Kier molecular flexibility index (Phi) is 2.82. The molecule has 0 aromatic heterocycles. The van der Waals surface area contributed by atoms with E-state index in [0.717, 1.165) is 13.0 Å². The van der Waals surface area contributed by atoms with Gasteiger partial charge < -0.3 is 5.73 Å². The highest BCUT2D eigenvalue weighted by Crippen LogP contribution is 2.42. The minimum absolute atomic E-state index is 0.335. The van der Waals surface area contributed by atoms with Gasteiger partial charge in [-0.05, 0) is 18.6 Å². The van der Waals surface area contributed by atoms with Crippen LogP contribution in [0.1, 0.15) is 16.7 Å². The molecule has 0 radical (unpaired) electrons. The number of nitrogen functional groups attached to an aromatic ring is 1. The fourth-order valence-corrected chi connectivity index (χ4v) is 1.35. The lowest BCUT2D eigenvalue weighted by molar-refractivity contribution is -0.141. The number of hydrogen-bond donors (Lipinski definition) is 1. The number of aryl methyl sites for hydroxylation is 1. The average molecular weight is 243 g/mol. The van der Waals surface area contributed by atoms with Crippen molar-refractivity contribution in [3.05, 3.63) is 28.8 Å². The molecule has 16 heavy (non-hydrogen) atoms. The third kappa shape index (κ3) is 2.23. The van der Waals surface area contributed by atoms with E-state index >= 15 is 0 Å². The smallest absolute Gasteiger partial charge is 0.398 e. The standard InChI is InChI=1S/C9H7F6N/c1-4-2-3-5(8(10,11)12)7(16)6(4)9(13,14)15/h2-3H,16H2,1H3. The number of rotatable bonds is 0. The summed E-state index contributed by atoms with van der Waals surface area (Å²) in [6, 6.07) is 1.29. The summed E-state index contributed by atoms with van der Waals surface area (Å²) in [4.78, 5) is 0. The lowest BCUT2D eigenvalue weighted by Gasteiger charge is -2.17. The van der Waals surface area contributed by atoms with Gasteiger partial charge in [0.05, 0.1) is 16.8 Å². The molecule has 0 heterocycles. The van der Waals surface area contributed by atoms with Crippen LogP contribution in [0.3, 0.4) is 0 Å². The molecule has 0 saturated carbocycles. The maximum atomic E-state index is 12.4. The Bertz CT molecular complexity index is 404. The second-order valence-corrected chi connectivity index (χ2v) is 3.21. The summed E-state index contributed by atoms with van der Waals surface area (Å²) in [5.74, 6) is 0. The van der Waals surface area contributed by atoms with Crippen molar-refractivity contribution in [1.82, 2.24) is 0 Å². The van der Waals surface area contributed by atoms with Gasteiger partial charge in [-0.2, -0.15) is 26.3 Å². The normalized spacial score (nSPS) is 12.9. The van der Waals surface area contributed by atoms with Crippen LogP contribution >= 0.6 is 0 Å². The van der Waals surface area contributed by atoms with Crippen molar-refractivity contribution in [2.45, 2.75) is 19.3 Å². The van der Waals surface area contributed by atoms with Crippen molar-refractivity contribution < 1.29 is 26.3 Å². The summed E-state index contributed by atoms with van der Waals surface area (Å²) in [6.07, 6.45) is -9.78. The molecule has 1 aromatic carbocycles. The molecule has 0 aliphatic heterocycles. The zero-order chi connectivity index (χ0) is 12.7. The number of nitrogens with two attached hydrogens (primary N) is 1. The van der Waals surface area contributed by atoms with Gasteiger partial charge in [-0.25, -0.2) is 0 Å². The molecule has 0 fully saturated rings. The molecule has 0 amide bonds. The van der Waals surface area contributed by atoms with Crippen molar-refractivity contribution in [1.29, 1.82) is 0 Å². The Morgan fingerprint density at radius 3 is 1.81 bits per heavy atom. The van der Waals surface area contributed by atoms with Crippen LogP contribution in [0.4, 0.5) is 32.0 Å². The van der Waals surface area contributed by atoms with Gasteiger partial charge >= 0.3 is 12.4 Å². The van der Waals surface area contributed by atoms with Crippen molar-refractivity contribution in [3.63, 3.8) is 0 Å². The van der Waals surface area contributed by atoms with Gasteiger partial charge in [0.15, 0.2) is 0 Å². The van der Waals surface area contributed by atoms with E-state index in [1.54, 1.807) is 0 Å². The minimum Gasteiger partial charge on any atom is -0.398 e. The Morgan fingerprint density at radius 2 is 1.44 bits per heavy atom. The monoisotopic (exact) mass is 243 g/mol. The number of hydrogen-bond acceptors (Lipinski definition) is 1. The van der Waals surface area contributed by atoms with Crippen LogP contribution in [0.5, 0.6) is 0 Å². The van der Waals surface area contributed by atoms with E-state index in [2.05, 4.69) is 0 Å². The number of halogens is 6. The first-order chi connectivity index (χ1) is 7.05. The average Bonchev–Trinajstić information content (AvgIpc) is 1.97. The van der Waals surface area contributed by atoms with Crippen LogP contribution in [0.25, 0.3) is 0 Å². The molecule has 0 aliphatic carbocycles. The van der Waals surface area contributed by atoms with E-state index < -0.39 is 29.2 Å². The number of benzene rings is 1. The van der Waals surface area contributed by atoms with Crippen LogP contribution in [-0.2, 0) is 12.4 Å². The van der Waals surface area contributed by atoms with Crippen LogP contribution in [-0.4, -0.2) is 0 Å². The zero-order valence-electron chi connectivity index (χ0n) is 8.00. The lowest BCUT2D eigenvalue weighted by atomic mass is 10.0. The molecule has 0 aliphatic rings. The quantitative estimate of drug-likeness (QED) is 0.546. The predicted molar refractivity (Wildman–Crippen MR) is 45.6 cm³/mol. The van der Waals surface area contributed by atoms with Crippen molar-refractivity contribution in [3.8, 4) is 0 Å². The molecule has 1 rings (SSSR count). The lowest BCUT2D eigenvalue weighted by Crippen LogP contribution is -2.17. The second-order valence-electron chi connectivity index (χ2n) is 3.21. The van der Waals surface area contributed by atoms with Crippen molar-refractivity contribution in [2.24, 2.45) is 0 Å². The van der Waals surface area contributed by atoms with Crippen LogP contribution in [0, 0.1) is 6.92 Å². The number of alkyl halides is 6. The third-order valence-electron chi connectivity index (χ3n) is 2.04. The molecule has 1 nitrogen and oxygen atoms in total. The van der Waals surface area contributed by atoms with Crippen molar-refractivity contribution >= 4 is 5.69 Å². The third-order valence-corrected chi connectivity index (χ3v) is 2.04. The first-order valence-electron chi connectivity index (χ1n) is 4.08. The van der Waals surface area contributed by atoms with Gasteiger partial charge in [-0.3, -0.25) is 0 Å². The highest BCUT2D eigenvalue weighted by atomic mass is 19.4. The van der Waals surface area contributed by atoms with E-state index in [9.17, 15) is 26.3 Å². The molecular formula is C9H7F6N. The van der Waals surface area contributed by atoms with Gasteiger partial charge in [0.25, 0.3) is 0 Å². The molecular weight excluding hydrogens is 236 g/mol. The summed E-state index contributed by atoms with van der Waals surface area (Å²) in [5, 5.41) is 0. The van der Waals surface area contributed by atoms with Crippen LogP contribution < -0.4 is 5.73 Å². The molecule has 1 aromatic rings. The largest absolute Gasteiger partial charge is 0.418 e. The van der Waals surface area contributed by atoms with Gasteiger partial charge in [0, 0.05) is 0 Å². The summed E-state index contributed by atoms with van der Waals surface area (Å²) < 4.78 is 74.2. The molecule has 0 saturated heterocycles. The molecule has 7 heteroatoms. The fourth-order valence-electron chi connectivity index (χ4n) is 1.35. The maximum absolute atomic E-state index is 12.4. The first kappa shape index (κ1) is 12.7. The van der Waals surface area contributed by atoms with Crippen molar-refractivity contribution in [2.75, 3.05) is 5.73 Å². The van der Waals surface area contributed by atoms with E-state index in [-0.39, 0.29) is 5.56 Å². The minimum atomic E-state index is -4.89. The first-order valence-corrected chi connectivity index (χ1v) is 4.08. The fraction of sp³-hybridized carbons (Fsp3) is 0.333. The second kappa shape index (κ2) is 3.57. The van der Waals surface area contributed by atoms with Gasteiger partial charge in [0.2, 0.25) is 0 Å². The summed E-state index contributed by atoms with van der Waals surface area (Å²) in [5.41, 5.74) is 0.408. The summed E-state index contributed by atoms with van der Waals surface area (Å²) >= 11 is 0. The van der Waals surface area contributed by atoms with E-state index in [0.29, 0.717) is 6.07 Å². The topological polar surface area (TPSA) is 26.0 Å². The van der Waals surface area contributed by atoms with Gasteiger partial charge in [-0.15, -0.1) is 0 Å². The van der Waals surface area contributed by atoms with E-state index in [4.69, 9.17) is 5.73 Å². The molecule has 2 N–H and O–H groups in total. The molecule has 0 unspecified atom stereocenters. The Balaban J connectivity index is 3.52. The molecule has 90 valence electrons. The zero-order valence-corrected chi connectivity index (χ0v) is 8.00. The van der Waals surface area contributed by atoms with Crippen LogP contribution in [0.15, 0.2) is 12.1 Å². The molecule has 0 atom stereocenters.